The smallest absolute Gasteiger partial charge is 0.317 e. The Labute approximate surface area is 121 Å². The summed E-state index contributed by atoms with van der Waals surface area (Å²) in [4.78, 5) is 24.7. The van der Waals surface area contributed by atoms with E-state index in [1.165, 1.54) is 19.3 Å². The van der Waals surface area contributed by atoms with Gasteiger partial charge in [0.05, 0.1) is 6.42 Å². The van der Waals surface area contributed by atoms with Gasteiger partial charge in [0, 0.05) is 19.1 Å². The van der Waals surface area contributed by atoms with Gasteiger partial charge in [0.25, 0.3) is 0 Å². The second kappa shape index (κ2) is 8.12. The molecule has 5 heteroatoms. The topological polar surface area (TPSA) is 69.6 Å². The number of aliphatic carboxylic acids is 1. The van der Waals surface area contributed by atoms with Crippen LogP contribution in [0.2, 0.25) is 0 Å². The number of hydrogen-bond donors (Lipinski definition) is 2. The summed E-state index contributed by atoms with van der Waals surface area (Å²) in [5.74, 6) is -0.0682. The van der Waals surface area contributed by atoms with E-state index in [0.717, 1.165) is 18.8 Å². The van der Waals surface area contributed by atoms with E-state index < -0.39 is 5.97 Å². The van der Waals surface area contributed by atoms with E-state index in [2.05, 4.69) is 12.2 Å². The third-order valence-electron chi connectivity index (χ3n) is 4.50. The zero-order valence-electron chi connectivity index (χ0n) is 12.9. The highest BCUT2D eigenvalue weighted by Crippen LogP contribution is 2.28. The number of carboxylic acids is 1. The first kappa shape index (κ1) is 16.8. The van der Waals surface area contributed by atoms with Crippen molar-refractivity contribution in [2.24, 2.45) is 5.92 Å². The number of rotatable bonds is 6. The number of hydrogen-bond acceptors (Lipinski definition) is 2. The molecule has 1 unspecified atom stereocenters. The first-order valence-electron chi connectivity index (χ1n) is 7.73. The van der Waals surface area contributed by atoms with E-state index in [1.807, 2.05) is 14.0 Å². The molecule has 0 aliphatic heterocycles. The van der Waals surface area contributed by atoms with Crippen molar-refractivity contribution in [3.63, 3.8) is 0 Å². The SMILES string of the molecule is CCC1CCC(N(C)C(=O)NC(CC)CC(=O)O)CC1. The molecule has 0 aromatic heterocycles. The van der Waals surface area contributed by atoms with Gasteiger partial charge in [-0.3, -0.25) is 4.79 Å². The van der Waals surface area contributed by atoms with Crippen LogP contribution in [0.1, 0.15) is 58.8 Å². The Balaban J connectivity index is 2.44. The lowest BCUT2D eigenvalue weighted by Gasteiger charge is -2.35. The Kier molecular flexibility index (Phi) is 6.82. The molecule has 0 radical (unpaired) electrons. The van der Waals surface area contributed by atoms with Crippen LogP contribution in [0.3, 0.4) is 0 Å². The Hall–Kier alpha value is -1.26. The summed E-state index contributed by atoms with van der Waals surface area (Å²) in [7, 11) is 1.82. The molecular formula is C15H28N2O3. The van der Waals surface area contributed by atoms with Crippen LogP contribution in [0, 0.1) is 5.92 Å². The van der Waals surface area contributed by atoms with Crippen molar-refractivity contribution in [3.05, 3.63) is 0 Å². The molecule has 2 amide bonds. The van der Waals surface area contributed by atoms with Crippen LogP contribution in [0.15, 0.2) is 0 Å². The summed E-state index contributed by atoms with van der Waals surface area (Å²) < 4.78 is 0. The third-order valence-corrected chi connectivity index (χ3v) is 4.50. The highest BCUT2D eigenvalue weighted by atomic mass is 16.4. The maximum atomic E-state index is 12.2. The Morgan fingerprint density at radius 3 is 2.30 bits per heavy atom. The summed E-state index contributed by atoms with van der Waals surface area (Å²) in [5, 5.41) is 11.6. The van der Waals surface area contributed by atoms with Crippen molar-refractivity contribution in [2.45, 2.75) is 70.9 Å². The lowest BCUT2D eigenvalue weighted by molar-refractivity contribution is -0.137. The Morgan fingerprint density at radius 1 is 1.25 bits per heavy atom. The van der Waals surface area contributed by atoms with Crippen molar-refractivity contribution < 1.29 is 14.7 Å². The monoisotopic (exact) mass is 284 g/mol. The highest BCUT2D eigenvalue weighted by molar-refractivity contribution is 5.76. The van der Waals surface area contributed by atoms with Crippen LogP contribution in [-0.2, 0) is 4.79 Å². The zero-order chi connectivity index (χ0) is 15.1. The van der Waals surface area contributed by atoms with Crippen LogP contribution in [-0.4, -0.2) is 41.1 Å². The van der Waals surface area contributed by atoms with Gasteiger partial charge in [-0.1, -0.05) is 20.3 Å². The van der Waals surface area contributed by atoms with Crippen molar-refractivity contribution in [3.8, 4) is 0 Å². The van der Waals surface area contributed by atoms with Crippen LogP contribution in [0.5, 0.6) is 0 Å². The average molecular weight is 284 g/mol. The van der Waals surface area contributed by atoms with Crippen LogP contribution in [0.4, 0.5) is 4.79 Å². The first-order valence-corrected chi connectivity index (χ1v) is 7.73. The number of nitrogens with one attached hydrogen (secondary N) is 1. The minimum absolute atomic E-state index is 0.0152. The minimum atomic E-state index is -0.872. The van der Waals surface area contributed by atoms with E-state index in [9.17, 15) is 9.59 Å². The van der Waals surface area contributed by atoms with E-state index in [1.54, 1.807) is 4.90 Å². The number of amides is 2. The molecule has 2 N–H and O–H groups in total. The standard InChI is InChI=1S/C15H28N2O3/c1-4-11-6-8-13(9-7-11)17(3)15(20)16-12(5-2)10-14(18)19/h11-13H,4-10H2,1-3H3,(H,16,20)(H,18,19). The highest BCUT2D eigenvalue weighted by Gasteiger charge is 2.26. The molecule has 0 bridgehead atoms. The van der Waals surface area contributed by atoms with Crippen molar-refractivity contribution in [1.82, 2.24) is 10.2 Å². The average Bonchev–Trinajstić information content (AvgIpc) is 2.45. The molecule has 0 heterocycles. The van der Waals surface area contributed by atoms with Crippen LogP contribution in [0.25, 0.3) is 0 Å². The van der Waals surface area contributed by atoms with Crippen molar-refractivity contribution in [1.29, 1.82) is 0 Å². The van der Waals surface area contributed by atoms with Crippen molar-refractivity contribution >= 4 is 12.0 Å². The molecule has 0 spiro atoms. The van der Waals surface area contributed by atoms with Gasteiger partial charge in [0.1, 0.15) is 0 Å². The van der Waals surface area contributed by atoms with E-state index in [-0.39, 0.29) is 18.5 Å². The summed E-state index contributed by atoms with van der Waals surface area (Å²) in [6.45, 7) is 4.11. The summed E-state index contributed by atoms with van der Waals surface area (Å²) in [5.41, 5.74) is 0. The summed E-state index contributed by atoms with van der Waals surface area (Å²) in [6, 6.07) is -0.132. The number of carboxylic acid groups (broad SMARTS) is 1. The molecule has 116 valence electrons. The van der Waals surface area contributed by atoms with Gasteiger partial charge in [-0.15, -0.1) is 0 Å². The van der Waals surface area contributed by atoms with Gasteiger partial charge in [0.2, 0.25) is 0 Å². The van der Waals surface area contributed by atoms with Crippen LogP contribution < -0.4 is 5.32 Å². The fourth-order valence-corrected chi connectivity index (χ4v) is 2.89. The second-order valence-corrected chi connectivity index (χ2v) is 5.85. The summed E-state index contributed by atoms with van der Waals surface area (Å²) >= 11 is 0. The van der Waals surface area contributed by atoms with Gasteiger partial charge in [0.15, 0.2) is 0 Å². The van der Waals surface area contributed by atoms with Gasteiger partial charge in [-0.2, -0.15) is 0 Å². The van der Waals surface area contributed by atoms with Gasteiger partial charge >= 0.3 is 12.0 Å². The van der Waals surface area contributed by atoms with Gasteiger partial charge < -0.3 is 15.3 Å². The lowest BCUT2D eigenvalue weighted by Crippen LogP contribution is -2.48. The van der Waals surface area contributed by atoms with E-state index in [0.29, 0.717) is 12.5 Å². The molecule has 1 aliphatic carbocycles. The fraction of sp³-hybridized carbons (Fsp3) is 0.867. The Bertz CT molecular complexity index is 325. The predicted octanol–water partition coefficient (Wildman–Crippen LogP) is 2.85. The van der Waals surface area contributed by atoms with Gasteiger partial charge in [-0.25, -0.2) is 4.79 Å². The molecule has 20 heavy (non-hydrogen) atoms. The molecule has 0 saturated heterocycles. The minimum Gasteiger partial charge on any atom is -0.481 e. The maximum absolute atomic E-state index is 12.2. The quantitative estimate of drug-likeness (QED) is 0.788. The molecule has 1 aliphatic rings. The number of carbonyl (C=O) groups is 2. The number of urea groups is 1. The largest absolute Gasteiger partial charge is 0.481 e. The number of carbonyl (C=O) groups excluding carboxylic acids is 1. The van der Waals surface area contributed by atoms with E-state index >= 15 is 0 Å². The number of nitrogens with zero attached hydrogens (tertiary/aromatic N) is 1. The molecule has 1 atom stereocenters. The van der Waals surface area contributed by atoms with E-state index in [4.69, 9.17) is 5.11 Å². The fourth-order valence-electron chi connectivity index (χ4n) is 2.89. The molecule has 0 aromatic rings. The van der Waals surface area contributed by atoms with Gasteiger partial charge in [-0.05, 0) is 38.0 Å². The lowest BCUT2D eigenvalue weighted by atomic mass is 9.84. The molecule has 1 fully saturated rings. The third kappa shape index (κ3) is 5.02. The zero-order valence-corrected chi connectivity index (χ0v) is 12.9. The second-order valence-electron chi connectivity index (χ2n) is 5.85. The predicted molar refractivity (Wildman–Crippen MR) is 78.7 cm³/mol. The molecule has 1 rings (SSSR count). The Morgan fingerprint density at radius 2 is 1.85 bits per heavy atom. The first-order chi connectivity index (χ1) is 9.47. The molecule has 5 nitrogen and oxygen atoms in total. The summed E-state index contributed by atoms with van der Waals surface area (Å²) in [6.07, 6.45) is 6.32. The van der Waals surface area contributed by atoms with Crippen molar-refractivity contribution in [2.75, 3.05) is 7.05 Å². The maximum Gasteiger partial charge on any atom is 0.317 e. The molecule has 0 aromatic carbocycles. The van der Waals surface area contributed by atoms with Crippen LogP contribution >= 0.6 is 0 Å². The molecular weight excluding hydrogens is 256 g/mol. The molecule has 1 saturated carbocycles. The normalized spacial score (nSPS) is 23.9.